The standard InChI is InChI=1S/C20H2O2/c1-13-6-8-15(9-7-13)19-12-18(21)17-11-10-14-4-2-3-5-16(14)20(17)22-19/h1H2. The molecule has 1 aromatic heterocycles. The van der Waals surface area contributed by atoms with E-state index in [0.29, 0.717) is 27.5 Å². The molecule has 94 valence electrons. The molecule has 4 aromatic rings. The van der Waals surface area contributed by atoms with Gasteiger partial charge in [0.05, 0.1) is 11.5 Å². The first-order valence-electron chi connectivity index (χ1n) is 6.22. The second-order valence-corrected chi connectivity index (χ2v) is 4.44. The molecule has 12 radical (unpaired) electrons. The van der Waals surface area contributed by atoms with E-state index in [9.17, 15) is 4.79 Å². The maximum atomic E-state index is 12.2. The number of benzene rings is 3. The summed E-state index contributed by atoms with van der Waals surface area (Å²) in [5.74, 6) is 0.187. The van der Waals surface area contributed by atoms with E-state index in [1.54, 1.807) is 0 Å². The highest BCUT2D eigenvalue weighted by atomic mass is 16.3. The van der Waals surface area contributed by atoms with E-state index < -0.39 is 0 Å². The van der Waals surface area contributed by atoms with Crippen LogP contribution in [-0.2, 0) is 0 Å². The minimum Gasteiger partial charge on any atom is -0.454 e. The molecule has 3 aromatic carbocycles. The molecule has 0 atom stereocenters. The van der Waals surface area contributed by atoms with Gasteiger partial charge in [0, 0.05) is 64.9 Å². The lowest BCUT2D eigenvalue weighted by atomic mass is 10.1. The lowest BCUT2D eigenvalue weighted by molar-refractivity contribution is 0.621. The number of fused-ring (bicyclic) bond motifs is 3. The van der Waals surface area contributed by atoms with Crippen molar-refractivity contribution in [2.45, 2.75) is 0 Å². The molecule has 0 saturated heterocycles. The van der Waals surface area contributed by atoms with Crippen molar-refractivity contribution in [2.75, 3.05) is 0 Å². The van der Waals surface area contributed by atoms with Gasteiger partial charge in [-0.25, -0.2) is 0 Å². The van der Waals surface area contributed by atoms with Crippen LogP contribution < -0.4 is 5.43 Å². The topological polar surface area (TPSA) is 30.2 Å². The van der Waals surface area contributed by atoms with Gasteiger partial charge in [-0.3, -0.25) is 4.79 Å². The Morgan fingerprint density at radius 3 is 2.41 bits per heavy atom. The molecule has 0 aliphatic rings. The highest BCUT2D eigenvalue weighted by molar-refractivity contribution is 6.02. The van der Waals surface area contributed by atoms with E-state index in [1.165, 1.54) is 0 Å². The molecular weight excluding hydrogens is 272 g/mol. The Hall–Kier alpha value is -2.87. The highest BCUT2D eigenvalue weighted by Gasteiger charge is 2.11. The van der Waals surface area contributed by atoms with Crippen molar-refractivity contribution in [3.05, 3.63) is 89.4 Å². The largest absolute Gasteiger partial charge is 0.454 e. The van der Waals surface area contributed by atoms with Crippen LogP contribution in [0.3, 0.4) is 0 Å². The SMILES string of the molecule is [CH2]c1[c][c]c(-c2[c]c(=O)c3[c][c]c4[c][c][c][c]c4c3o2)[c][c]1. The molecule has 0 aliphatic carbocycles. The predicted molar refractivity (Wildman–Crippen MR) is 77.1 cm³/mol. The van der Waals surface area contributed by atoms with Gasteiger partial charge in [0.15, 0.2) is 0 Å². The van der Waals surface area contributed by atoms with E-state index in [2.05, 4.69) is 73.7 Å². The fraction of sp³-hybridized carbons (Fsp3) is 0. The van der Waals surface area contributed by atoms with Crippen LogP contribution in [0, 0.1) is 73.7 Å². The van der Waals surface area contributed by atoms with Crippen LogP contribution in [-0.4, -0.2) is 0 Å². The molecule has 1 heterocycles. The lowest BCUT2D eigenvalue weighted by Crippen LogP contribution is -2.02. The van der Waals surface area contributed by atoms with Gasteiger partial charge in [0.25, 0.3) is 0 Å². The van der Waals surface area contributed by atoms with Gasteiger partial charge in [-0.15, -0.1) is 0 Å². The zero-order valence-electron chi connectivity index (χ0n) is 11.0. The van der Waals surface area contributed by atoms with E-state index in [-0.39, 0.29) is 16.6 Å². The molecule has 2 nitrogen and oxygen atoms in total. The molecule has 0 saturated carbocycles. The van der Waals surface area contributed by atoms with Crippen molar-refractivity contribution < 1.29 is 4.42 Å². The van der Waals surface area contributed by atoms with Crippen LogP contribution in [0.25, 0.3) is 33.1 Å². The second-order valence-electron chi connectivity index (χ2n) is 4.44. The van der Waals surface area contributed by atoms with E-state index in [4.69, 9.17) is 4.42 Å². The van der Waals surface area contributed by atoms with Gasteiger partial charge in [-0.05, 0) is 24.6 Å². The van der Waals surface area contributed by atoms with Crippen LogP contribution in [0.5, 0.6) is 0 Å². The third kappa shape index (κ3) is 2.01. The summed E-state index contributed by atoms with van der Waals surface area (Å²) in [7, 11) is 0. The van der Waals surface area contributed by atoms with Crippen LogP contribution in [0.15, 0.2) is 9.21 Å². The summed E-state index contributed by atoms with van der Waals surface area (Å²) in [6, 6.07) is 30.3. The zero-order chi connectivity index (χ0) is 15.1. The van der Waals surface area contributed by atoms with E-state index >= 15 is 0 Å². The van der Waals surface area contributed by atoms with Gasteiger partial charge >= 0.3 is 0 Å². The summed E-state index contributed by atoms with van der Waals surface area (Å²) in [5.41, 5.74) is 0.863. The summed E-state index contributed by atoms with van der Waals surface area (Å²) in [5, 5.41) is 1.33. The van der Waals surface area contributed by atoms with Crippen molar-refractivity contribution in [1.82, 2.24) is 0 Å². The third-order valence-corrected chi connectivity index (χ3v) is 3.02. The van der Waals surface area contributed by atoms with Gasteiger partial charge in [-0.1, -0.05) is 0 Å². The Morgan fingerprint density at radius 1 is 0.818 bits per heavy atom. The van der Waals surface area contributed by atoms with Gasteiger partial charge in [0.2, 0.25) is 5.43 Å². The first-order valence-corrected chi connectivity index (χ1v) is 6.22. The molecule has 0 N–H and O–H groups in total. The van der Waals surface area contributed by atoms with Crippen LogP contribution in [0.2, 0.25) is 0 Å². The van der Waals surface area contributed by atoms with Crippen LogP contribution in [0.1, 0.15) is 5.56 Å². The third-order valence-electron chi connectivity index (χ3n) is 3.02. The normalized spacial score (nSPS) is 11.1. The average molecular weight is 274 g/mol. The Kier molecular flexibility index (Phi) is 2.83. The van der Waals surface area contributed by atoms with Gasteiger partial charge in [-0.2, -0.15) is 0 Å². The molecule has 0 amide bonds. The molecular formula is C20H2O2. The maximum absolute atomic E-state index is 12.2. The average Bonchev–Trinajstić information content (AvgIpc) is 2.55. The summed E-state index contributed by atoms with van der Waals surface area (Å²) < 4.78 is 5.77. The molecule has 0 unspecified atom stereocenters. The Balaban J connectivity index is 2.08. The minimum atomic E-state index is -0.365. The van der Waals surface area contributed by atoms with E-state index in [0.717, 1.165) is 0 Å². The fourth-order valence-electron chi connectivity index (χ4n) is 2.00. The summed E-state index contributed by atoms with van der Waals surface area (Å²) in [4.78, 5) is 12.2. The quantitative estimate of drug-likeness (QED) is 0.499. The number of hydrogen-bond acceptors (Lipinski definition) is 2. The fourth-order valence-corrected chi connectivity index (χ4v) is 2.00. The molecule has 0 fully saturated rings. The predicted octanol–water partition coefficient (Wildman–Crippen LogP) is 2.60. The summed E-state index contributed by atoms with van der Waals surface area (Å²) in [6.07, 6.45) is 0. The summed E-state index contributed by atoms with van der Waals surface area (Å²) in [6.45, 7) is 3.66. The molecule has 0 bridgehead atoms. The van der Waals surface area contributed by atoms with Crippen LogP contribution >= 0.6 is 0 Å². The monoisotopic (exact) mass is 274 g/mol. The van der Waals surface area contributed by atoms with Crippen molar-refractivity contribution in [3.8, 4) is 11.3 Å². The van der Waals surface area contributed by atoms with E-state index in [1.807, 2.05) is 0 Å². The smallest absolute Gasteiger partial charge is 0.202 e. The summed E-state index contributed by atoms with van der Waals surface area (Å²) >= 11 is 0. The molecule has 4 rings (SSSR count). The second kappa shape index (κ2) is 4.85. The van der Waals surface area contributed by atoms with Crippen molar-refractivity contribution in [1.29, 1.82) is 0 Å². The zero-order valence-corrected chi connectivity index (χ0v) is 11.0. The van der Waals surface area contributed by atoms with Crippen LogP contribution in [0.4, 0.5) is 0 Å². The van der Waals surface area contributed by atoms with Gasteiger partial charge in [0.1, 0.15) is 11.3 Å². The van der Waals surface area contributed by atoms with Crippen molar-refractivity contribution in [2.24, 2.45) is 0 Å². The Labute approximate surface area is 127 Å². The lowest BCUT2D eigenvalue weighted by Gasteiger charge is -2.04. The van der Waals surface area contributed by atoms with Crippen molar-refractivity contribution in [3.63, 3.8) is 0 Å². The Bertz CT molecular complexity index is 1040. The number of rotatable bonds is 1. The first kappa shape index (κ1) is 12.8. The Morgan fingerprint density at radius 2 is 1.59 bits per heavy atom. The molecule has 22 heavy (non-hydrogen) atoms. The maximum Gasteiger partial charge on any atom is 0.202 e. The molecule has 0 aliphatic heterocycles. The molecule has 2 heteroatoms. The first-order chi connectivity index (χ1) is 10.7. The molecule has 0 spiro atoms. The number of hydrogen-bond donors (Lipinski definition) is 0. The van der Waals surface area contributed by atoms with Gasteiger partial charge < -0.3 is 4.42 Å². The minimum absolute atomic E-state index is 0.187. The highest BCUT2D eigenvalue weighted by Crippen LogP contribution is 2.26. The van der Waals surface area contributed by atoms with Crippen molar-refractivity contribution >= 4 is 21.7 Å².